The standard InChI is InChI=1S/C30H28Cl2FN5O/c31-17-3-1-4-19(13-17)35-30(39)28-25(20-5-2-6-21(32)27(20)33)26-24(38(28)15-16-7-8-16)11-12-37-23-10-9-18(34)14-22(23)36-29(26)37/h1-6,9-10,13-14,16,24-26,28H,7-8,11-12,15,34H2,(H,35,39)/t24-,25?,26+,28?/m0/s1. The zero-order valence-electron chi connectivity index (χ0n) is 21.2. The monoisotopic (exact) mass is 563 g/mol. The molecule has 3 heterocycles. The topological polar surface area (TPSA) is 76.2 Å². The van der Waals surface area contributed by atoms with Gasteiger partial charge in [-0.15, -0.1) is 0 Å². The molecule has 1 aromatic heterocycles. The third kappa shape index (κ3) is 4.28. The van der Waals surface area contributed by atoms with Crippen molar-refractivity contribution in [2.75, 3.05) is 17.6 Å². The van der Waals surface area contributed by atoms with Crippen LogP contribution in [0.4, 0.5) is 15.8 Å². The van der Waals surface area contributed by atoms with Gasteiger partial charge >= 0.3 is 0 Å². The molecule has 200 valence electrons. The van der Waals surface area contributed by atoms with Gasteiger partial charge in [0.2, 0.25) is 5.91 Å². The van der Waals surface area contributed by atoms with Gasteiger partial charge in [0.25, 0.3) is 0 Å². The van der Waals surface area contributed by atoms with Crippen LogP contribution in [0, 0.1) is 11.7 Å². The van der Waals surface area contributed by atoms with Crippen LogP contribution in [-0.4, -0.2) is 39.0 Å². The molecule has 0 radical (unpaired) electrons. The molecule has 3 N–H and O–H groups in total. The summed E-state index contributed by atoms with van der Waals surface area (Å²) in [6, 6.07) is 17.4. The van der Waals surface area contributed by atoms with Crippen LogP contribution in [0.3, 0.4) is 0 Å². The predicted molar refractivity (Wildman–Crippen MR) is 153 cm³/mol. The predicted octanol–water partition coefficient (Wildman–Crippen LogP) is 6.44. The molecule has 4 aromatic rings. The van der Waals surface area contributed by atoms with Gasteiger partial charge in [-0.1, -0.05) is 41.4 Å². The number of aryl methyl sites for hydroxylation is 1. The van der Waals surface area contributed by atoms with Gasteiger partial charge in [0, 0.05) is 47.4 Å². The maximum Gasteiger partial charge on any atom is 0.242 e. The molecule has 4 atom stereocenters. The highest BCUT2D eigenvalue weighted by Gasteiger charge is 2.57. The number of hydrogen-bond donors (Lipinski definition) is 2. The summed E-state index contributed by atoms with van der Waals surface area (Å²) in [5.41, 5.74) is 9.61. The van der Waals surface area contributed by atoms with Crippen molar-refractivity contribution >= 4 is 51.5 Å². The summed E-state index contributed by atoms with van der Waals surface area (Å²) >= 11 is 12.5. The quantitative estimate of drug-likeness (QED) is 0.274. The molecule has 7 rings (SSSR count). The number of amides is 1. The highest BCUT2D eigenvalue weighted by atomic mass is 35.5. The Balaban J connectivity index is 1.40. The second-order valence-corrected chi connectivity index (χ2v) is 11.8. The van der Waals surface area contributed by atoms with Crippen LogP contribution in [0.2, 0.25) is 10.0 Å². The Labute approximate surface area is 235 Å². The lowest BCUT2D eigenvalue weighted by molar-refractivity contribution is -0.121. The van der Waals surface area contributed by atoms with Crippen molar-refractivity contribution in [1.82, 2.24) is 14.5 Å². The number of imidazole rings is 1. The van der Waals surface area contributed by atoms with E-state index >= 15 is 4.39 Å². The largest absolute Gasteiger partial charge is 0.399 e. The molecule has 2 unspecified atom stereocenters. The molecule has 1 aliphatic carbocycles. The van der Waals surface area contributed by atoms with E-state index in [2.05, 4.69) is 14.8 Å². The fourth-order valence-corrected chi connectivity index (χ4v) is 7.11. The first-order chi connectivity index (χ1) is 18.9. The Morgan fingerprint density at radius 2 is 1.87 bits per heavy atom. The first kappa shape index (κ1) is 24.9. The number of nitrogen functional groups attached to an aromatic ring is 1. The minimum atomic E-state index is -0.607. The number of nitrogens with zero attached hydrogens (tertiary/aromatic N) is 3. The van der Waals surface area contributed by atoms with Crippen LogP contribution in [0.15, 0.2) is 60.7 Å². The molecule has 39 heavy (non-hydrogen) atoms. The first-order valence-electron chi connectivity index (χ1n) is 13.4. The van der Waals surface area contributed by atoms with Crippen molar-refractivity contribution in [3.8, 4) is 0 Å². The molecule has 1 saturated heterocycles. The third-order valence-corrected chi connectivity index (χ3v) is 9.07. The van der Waals surface area contributed by atoms with E-state index in [1.54, 1.807) is 36.4 Å². The maximum atomic E-state index is 15.8. The summed E-state index contributed by atoms with van der Waals surface area (Å²) in [5.74, 6) is 0.0672. The van der Waals surface area contributed by atoms with Gasteiger partial charge < -0.3 is 15.6 Å². The highest BCUT2D eigenvalue weighted by molar-refractivity contribution is 6.31. The zero-order valence-corrected chi connectivity index (χ0v) is 22.7. The molecule has 2 fully saturated rings. The van der Waals surface area contributed by atoms with Crippen LogP contribution in [0.25, 0.3) is 11.0 Å². The van der Waals surface area contributed by atoms with Gasteiger partial charge in [-0.05, 0) is 73.2 Å². The van der Waals surface area contributed by atoms with Crippen molar-refractivity contribution in [2.45, 2.75) is 49.7 Å². The number of halogens is 3. The van der Waals surface area contributed by atoms with E-state index in [9.17, 15) is 4.79 Å². The van der Waals surface area contributed by atoms with E-state index < -0.39 is 17.8 Å². The van der Waals surface area contributed by atoms with Crippen LogP contribution < -0.4 is 11.1 Å². The van der Waals surface area contributed by atoms with Crippen molar-refractivity contribution in [3.63, 3.8) is 0 Å². The fraction of sp³-hybridized carbons (Fsp3) is 0.333. The molecular formula is C30H28Cl2FN5O. The van der Waals surface area contributed by atoms with Crippen molar-refractivity contribution in [1.29, 1.82) is 0 Å². The number of likely N-dealkylation sites (tertiary alicyclic amines) is 1. The number of carbonyl (C=O) groups excluding carboxylic acids is 1. The van der Waals surface area contributed by atoms with Crippen LogP contribution in [-0.2, 0) is 11.3 Å². The lowest BCUT2D eigenvalue weighted by Crippen LogP contribution is -2.46. The molecule has 3 aromatic carbocycles. The van der Waals surface area contributed by atoms with Crippen LogP contribution in [0.5, 0.6) is 0 Å². The number of hydrogen-bond acceptors (Lipinski definition) is 4. The number of rotatable bonds is 5. The van der Waals surface area contributed by atoms with Gasteiger partial charge in [0.05, 0.1) is 22.1 Å². The third-order valence-electron chi connectivity index (χ3n) is 8.54. The van der Waals surface area contributed by atoms with Crippen molar-refractivity contribution < 1.29 is 9.18 Å². The van der Waals surface area contributed by atoms with Gasteiger partial charge in [-0.3, -0.25) is 9.69 Å². The SMILES string of the molecule is Nc1ccc2c(c1)nc1n2CC[C@H]2[C@@H]1C(c1cccc(Cl)c1F)C(C(=O)Nc1cccc(Cl)c1)N2CC1CC1. The van der Waals surface area contributed by atoms with Gasteiger partial charge in [0.15, 0.2) is 0 Å². The smallest absolute Gasteiger partial charge is 0.242 e. The number of nitrogens with two attached hydrogens (primary N) is 1. The minimum absolute atomic E-state index is 0.0331. The molecule has 9 heteroatoms. The van der Waals surface area contributed by atoms with Crippen molar-refractivity contribution in [2.24, 2.45) is 5.92 Å². The zero-order chi connectivity index (χ0) is 26.8. The Bertz CT molecular complexity index is 1600. The maximum absolute atomic E-state index is 15.8. The summed E-state index contributed by atoms with van der Waals surface area (Å²) in [7, 11) is 0. The lowest BCUT2D eigenvalue weighted by Gasteiger charge is -2.34. The Hall–Kier alpha value is -3.13. The lowest BCUT2D eigenvalue weighted by atomic mass is 9.78. The number of fused-ring (bicyclic) bond motifs is 5. The first-order valence-corrected chi connectivity index (χ1v) is 14.2. The normalized spacial score (nSPS) is 24.5. The van der Waals surface area contributed by atoms with Gasteiger partial charge in [0.1, 0.15) is 11.6 Å². The summed E-state index contributed by atoms with van der Waals surface area (Å²) in [6.45, 7) is 1.56. The summed E-state index contributed by atoms with van der Waals surface area (Å²) in [5, 5.41) is 3.67. The second-order valence-electron chi connectivity index (χ2n) is 11.0. The molecular weight excluding hydrogens is 536 g/mol. The average molecular weight is 564 g/mol. The number of nitrogens with one attached hydrogen (secondary N) is 1. The molecule has 2 aliphatic heterocycles. The molecule has 6 nitrogen and oxygen atoms in total. The van der Waals surface area contributed by atoms with E-state index in [1.807, 2.05) is 24.3 Å². The summed E-state index contributed by atoms with van der Waals surface area (Å²) in [6.07, 6.45) is 3.12. The van der Waals surface area contributed by atoms with Gasteiger partial charge in [-0.25, -0.2) is 9.37 Å². The average Bonchev–Trinajstić information content (AvgIpc) is 3.56. The Kier molecular flexibility index (Phi) is 6.06. The van der Waals surface area contributed by atoms with E-state index in [0.717, 1.165) is 49.2 Å². The molecule has 1 amide bonds. The highest BCUT2D eigenvalue weighted by Crippen LogP contribution is 2.53. The Morgan fingerprint density at radius 1 is 1.05 bits per heavy atom. The minimum Gasteiger partial charge on any atom is -0.399 e. The number of anilines is 2. The second kappa shape index (κ2) is 9.51. The van der Waals surface area contributed by atoms with Crippen LogP contribution >= 0.6 is 23.2 Å². The Morgan fingerprint density at radius 3 is 2.67 bits per heavy atom. The summed E-state index contributed by atoms with van der Waals surface area (Å²) < 4.78 is 18.0. The van der Waals surface area contributed by atoms with Gasteiger partial charge in [-0.2, -0.15) is 0 Å². The van der Waals surface area contributed by atoms with Crippen LogP contribution in [0.1, 0.15) is 42.5 Å². The molecule has 0 bridgehead atoms. The van der Waals surface area contributed by atoms with E-state index in [0.29, 0.717) is 27.9 Å². The van der Waals surface area contributed by atoms with Crippen molar-refractivity contribution in [3.05, 3.63) is 87.9 Å². The van der Waals surface area contributed by atoms with E-state index in [1.165, 1.54) is 0 Å². The number of aromatic nitrogens is 2. The fourth-order valence-electron chi connectivity index (χ4n) is 6.73. The number of benzene rings is 3. The number of carbonyl (C=O) groups is 1. The molecule has 3 aliphatic rings. The van der Waals surface area contributed by atoms with E-state index in [4.69, 9.17) is 33.9 Å². The summed E-state index contributed by atoms with van der Waals surface area (Å²) in [4.78, 5) is 21.6. The van der Waals surface area contributed by atoms with E-state index in [-0.39, 0.29) is 22.9 Å². The molecule has 1 saturated carbocycles. The molecule has 0 spiro atoms.